The summed E-state index contributed by atoms with van der Waals surface area (Å²) in [6.07, 6.45) is 0. The zero-order chi connectivity index (χ0) is 6.74. The summed E-state index contributed by atoms with van der Waals surface area (Å²) in [6, 6.07) is 0. The van der Waals surface area contributed by atoms with Crippen LogP contribution in [0.4, 0.5) is 0 Å². The molecule has 1 heterocycles. The van der Waals surface area contributed by atoms with Gasteiger partial charge in [0.1, 0.15) is 0 Å². The second kappa shape index (κ2) is 2.97. The largest absolute Gasteiger partial charge is 0.330 e. The van der Waals surface area contributed by atoms with Crippen molar-refractivity contribution >= 4 is 20.4 Å². The zero-order valence-electron chi connectivity index (χ0n) is 5.09. The molecule has 1 N–H and O–H groups in total. The molecule has 5 heteroatoms. The fourth-order valence-electron chi connectivity index (χ4n) is 0.705. The minimum Gasteiger partial charge on any atom is -0.279 e. The Hall–Kier alpha value is 0.370. The lowest BCUT2D eigenvalue weighted by Crippen LogP contribution is -2.33. The van der Waals surface area contributed by atoms with Gasteiger partial charge in [-0.15, -0.1) is 11.8 Å². The molecule has 0 spiro atoms. The molecular weight excluding hydrogens is 157 g/mol. The van der Waals surface area contributed by atoms with Crippen LogP contribution in [-0.4, -0.2) is 17.4 Å². The van der Waals surface area contributed by atoms with Gasteiger partial charge in [-0.05, 0) is 6.92 Å². The third kappa shape index (κ3) is 1.90. The van der Waals surface area contributed by atoms with Crippen LogP contribution >= 0.6 is 20.4 Å². The van der Waals surface area contributed by atoms with Crippen molar-refractivity contribution in [3.05, 3.63) is 0 Å². The number of hydrogen-bond acceptors (Lipinski definition) is 4. The molecule has 1 saturated heterocycles. The van der Waals surface area contributed by atoms with E-state index in [1.807, 2.05) is 6.92 Å². The maximum absolute atomic E-state index is 9.99. The molecule has 1 fully saturated rings. The second-order valence-corrected chi connectivity index (χ2v) is 3.69. The molecule has 0 saturated carbocycles. The molecule has 0 bridgehead atoms. The summed E-state index contributed by atoms with van der Waals surface area (Å²) in [5.74, 6) is 1.02. The first-order chi connectivity index (χ1) is 4.27. The van der Waals surface area contributed by atoms with Crippen molar-refractivity contribution < 1.29 is 9.09 Å². The van der Waals surface area contributed by atoms with Gasteiger partial charge in [-0.1, -0.05) is 0 Å². The van der Waals surface area contributed by atoms with E-state index < -0.39 is 5.06 Å². The Morgan fingerprint density at radius 1 is 1.89 bits per heavy atom. The molecule has 1 aliphatic heterocycles. The van der Waals surface area contributed by atoms with E-state index in [2.05, 4.69) is 5.32 Å². The first-order valence-electron chi connectivity index (χ1n) is 2.67. The van der Waals surface area contributed by atoms with Gasteiger partial charge in [-0.25, -0.2) is 4.57 Å². The van der Waals surface area contributed by atoms with Gasteiger partial charge in [0.2, 0.25) is 0 Å². The predicted octanol–water partition coefficient (Wildman–Crippen LogP) is 1.22. The van der Waals surface area contributed by atoms with Gasteiger partial charge in [0.05, 0.1) is 0 Å². The van der Waals surface area contributed by atoms with Crippen molar-refractivity contribution in [2.75, 3.05) is 12.3 Å². The fourth-order valence-corrected chi connectivity index (χ4v) is 2.01. The van der Waals surface area contributed by atoms with Crippen LogP contribution in [0.5, 0.6) is 0 Å². The minimum atomic E-state index is -0.413. The molecule has 1 aliphatic rings. The van der Waals surface area contributed by atoms with Gasteiger partial charge in [0, 0.05) is 12.3 Å². The van der Waals surface area contributed by atoms with Crippen molar-refractivity contribution in [1.29, 1.82) is 0 Å². The highest BCUT2D eigenvalue weighted by Gasteiger charge is 2.29. The van der Waals surface area contributed by atoms with Crippen molar-refractivity contribution in [2.24, 2.45) is 0 Å². The molecule has 1 unspecified atom stereocenters. The molecule has 0 aromatic carbocycles. The molecule has 0 aromatic rings. The Bertz CT molecular complexity index is 115. The Kier molecular flexibility index (Phi) is 2.47. The number of thioether (sulfide) groups is 1. The Morgan fingerprint density at radius 3 is 3.11 bits per heavy atom. The highest BCUT2D eigenvalue weighted by molar-refractivity contribution is 8.00. The van der Waals surface area contributed by atoms with E-state index in [0.717, 1.165) is 12.3 Å². The topological polar surface area (TPSA) is 38.3 Å². The van der Waals surface area contributed by atoms with Crippen LogP contribution in [0.2, 0.25) is 0 Å². The summed E-state index contributed by atoms with van der Waals surface area (Å²) in [4.78, 5) is 0. The van der Waals surface area contributed by atoms with Crippen molar-refractivity contribution in [1.82, 2.24) is 5.32 Å². The van der Waals surface area contributed by atoms with Crippen LogP contribution < -0.4 is 5.32 Å². The van der Waals surface area contributed by atoms with Crippen LogP contribution in [0.3, 0.4) is 0 Å². The van der Waals surface area contributed by atoms with Crippen LogP contribution in [0.15, 0.2) is 0 Å². The van der Waals surface area contributed by atoms with Gasteiger partial charge >= 0.3 is 8.69 Å². The molecule has 0 aromatic heterocycles. The lowest BCUT2D eigenvalue weighted by molar-refractivity contribution is 0.178. The molecule has 3 nitrogen and oxygen atoms in total. The van der Waals surface area contributed by atoms with Crippen LogP contribution in [0.1, 0.15) is 6.92 Å². The summed E-state index contributed by atoms with van der Waals surface area (Å²) in [6.45, 7) is 2.80. The molecule has 0 aliphatic carbocycles. The maximum Gasteiger partial charge on any atom is 0.330 e. The Labute approximate surface area is 59.8 Å². The van der Waals surface area contributed by atoms with E-state index in [4.69, 9.17) is 4.52 Å². The molecule has 0 amide bonds. The van der Waals surface area contributed by atoms with Crippen molar-refractivity contribution in [3.63, 3.8) is 0 Å². The summed E-state index contributed by atoms with van der Waals surface area (Å²) in [7, 11) is -0.253. The molecular formula is C4H8NO2PS. The maximum atomic E-state index is 9.99. The quantitative estimate of drug-likeness (QED) is 0.624. The smallest absolute Gasteiger partial charge is 0.279 e. The lowest BCUT2D eigenvalue weighted by atomic mass is 10.6. The summed E-state index contributed by atoms with van der Waals surface area (Å²) in [5.41, 5.74) is 0. The summed E-state index contributed by atoms with van der Waals surface area (Å²) < 4.78 is 14.8. The van der Waals surface area contributed by atoms with E-state index in [1.165, 1.54) is 0 Å². The summed E-state index contributed by atoms with van der Waals surface area (Å²) in [5, 5.41) is 2.65. The van der Waals surface area contributed by atoms with Gasteiger partial charge in [-0.2, -0.15) is 0 Å². The molecule has 52 valence electrons. The van der Waals surface area contributed by atoms with Gasteiger partial charge < -0.3 is 0 Å². The Morgan fingerprint density at radius 2 is 2.67 bits per heavy atom. The SMILES string of the molecule is CC1(OP=O)NCCS1. The number of nitrogens with one attached hydrogen (secondary N) is 1. The van der Waals surface area contributed by atoms with Crippen molar-refractivity contribution in [3.8, 4) is 0 Å². The Balaban J connectivity index is 2.40. The molecule has 1 rings (SSSR count). The minimum absolute atomic E-state index is 0.253. The van der Waals surface area contributed by atoms with E-state index in [1.54, 1.807) is 11.8 Å². The van der Waals surface area contributed by atoms with Gasteiger partial charge in [-0.3, -0.25) is 9.84 Å². The second-order valence-electron chi connectivity index (χ2n) is 1.89. The third-order valence-corrected chi connectivity index (χ3v) is 2.89. The lowest BCUT2D eigenvalue weighted by Gasteiger charge is -2.17. The normalized spacial score (nSPS) is 35.7. The number of hydrogen-bond donors (Lipinski definition) is 1. The van der Waals surface area contributed by atoms with E-state index >= 15 is 0 Å². The average Bonchev–Trinajstić information content (AvgIpc) is 2.16. The summed E-state index contributed by atoms with van der Waals surface area (Å²) >= 11 is 1.63. The van der Waals surface area contributed by atoms with E-state index in [-0.39, 0.29) is 8.69 Å². The average molecular weight is 165 g/mol. The monoisotopic (exact) mass is 165 g/mol. The third-order valence-electron chi connectivity index (χ3n) is 1.14. The standard InChI is InChI=1S/C4H8NO2PS/c1-4(7-8-6)5-2-3-9-4/h5H,2-3H2,1H3. The highest BCUT2D eigenvalue weighted by atomic mass is 32.2. The molecule has 1 atom stereocenters. The molecule has 9 heavy (non-hydrogen) atoms. The van der Waals surface area contributed by atoms with Gasteiger partial charge in [0.25, 0.3) is 0 Å². The van der Waals surface area contributed by atoms with Gasteiger partial charge in [0.15, 0.2) is 5.06 Å². The van der Waals surface area contributed by atoms with Crippen LogP contribution in [-0.2, 0) is 9.09 Å². The van der Waals surface area contributed by atoms with Crippen molar-refractivity contribution in [2.45, 2.75) is 12.0 Å². The fraction of sp³-hybridized carbons (Fsp3) is 1.00. The molecule has 0 radical (unpaired) electrons. The van der Waals surface area contributed by atoms with Crippen LogP contribution in [0.25, 0.3) is 0 Å². The zero-order valence-corrected chi connectivity index (χ0v) is 6.80. The van der Waals surface area contributed by atoms with Crippen LogP contribution in [0, 0.1) is 0 Å². The highest BCUT2D eigenvalue weighted by Crippen LogP contribution is 2.30. The first kappa shape index (κ1) is 7.48. The predicted molar refractivity (Wildman–Crippen MR) is 37.6 cm³/mol. The number of rotatable bonds is 2. The van der Waals surface area contributed by atoms with E-state index in [0.29, 0.717) is 0 Å². The van der Waals surface area contributed by atoms with E-state index in [9.17, 15) is 4.57 Å². The first-order valence-corrected chi connectivity index (χ1v) is 4.38.